The van der Waals surface area contributed by atoms with Crippen LogP contribution in [0.3, 0.4) is 0 Å². The van der Waals surface area contributed by atoms with Crippen LogP contribution >= 0.6 is 0 Å². The number of fused-ring (bicyclic) bond motifs is 4. The van der Waals surface area contributed by atoms with Gasteiger partial charge >= 0.3 is 0 Å². The summed E-state index contributed by atoms with van der Waals surface area (Å²) in [7, 11) is 0. The van der Waals surface area contributed by atoms with Crippen molar-refractivity contribution >= 4 is 6.02 Å². The summed E-state index contributed by atoms with van der Waals surface area (Å²) in [6.07, 6.45) is 0. The summed E-state index contributed by atoms with van der Waals surface area (Å²) in [5.74, 6) is 2.11. The van der Waals surface area contributed by atoms with E-state index in [0.717, 1.165) is 22.4 Å². The van der Waals surface area contributed by atoms with Gasteiger partial charge in [-0.1, -0.05) is 26.8 Å². The fourth-order valence-electron chi connectivity index (χ4n) is 3.60. The molecule has 154 valence electrons. The molecule has 1 atom stereocenters. The monoisotopic (exact) mass is 396 g/mol. The Morgan fingerprint density at radius 1 is 1.07 bits per heavy atom. The van der Waals surface area contributed by atoms with Crippen molar-refractivity contribution in [1.82, 2.24) is 0 Å². The van der Waals surface area contributed by atoms with Gasteiger partial charge in [-0.15, -0.1) is 0 Å². The molecule has 1 spiro atoms. The molecule has 0 bridgehead atoms. The SMILES string of the molecule is CC(C)(C)COc1ccc2c(c1)[C@]1(COC(N)=N1)c1cc(C(C)(C)O)ccc1O2. The van der Waals surface area contributed by atoms with Crippen LogP contribution in [0.25, 0.3) is 0 Å². The first-order valence-corrected chi connectivity index (χ1v) is 9.79. The minimum absolute atomic E-state index is 0.0390. The topological polar surface area (TPSA) is 86.3 Å². The van der Waals surface area contributed by atoms with Crippen LogP contribution in [0.4, 0.5) is 0 Å². The van der Waals surface area contributed by atoms with Crippen molar-refractivity contribution in [2.45, 2.75) is 45.8 Å². The van der Waals surface area contributed by atoms with E-state index in [1.165, 1.54) is 0 Å². The lowest BCUT2D eigenvalue weighted by Crippen LogP contribution is -2.32. The first-order valence-electron chi connectivity index (χ1n) is 9.79. The van der Waals surface area contributed by atoms with Crippen molar-refractivity contribution in [3.63, 3.8) is 0 Å². The molecule has 0 unspecified atom stereocenters. The first kappa shape index (κ1) is 19.6. The highest BCUT2D eigenvalue weighted by Gasteiger charge is 2.47. The maximum absolute atomic E-state index is 10.5. The highest BCUT2D eigenvalue weighted by atomic mass is 16.5. The molecule has 0 radical (unpaired) electrons. The Labute approximate surface area is 171 Å². The minimum atomic E-state index is -0.997. The largest absolute Gasteiger partial charge is 0.493 e. The molecule has 0 aliphatic carbocycles. The van der Waals surface area contributed by atoms with Crippen LogP contribution < -0.4 is 15.2 Å². The molecule has 4 rings (SSSR count). The minimum Gasteiger partial charge on any atom is -0.493 e. The van der Waals surface area contributed by atoms with Crippen molar-refractivity contribution in [3.8, 4) is 17.2 Å². The lowest BCUT2D eigenvalue weighted by molar-refractivity contribution is 0.0783. The zero-order valence-electron chi connectivity index (χ0n) is 17.6. The normalized spacial score (nSPS) is 20.4. The molecule has 29 heavy (non-hydrogen) atoms. The van der Waals surface area contributed by atoms with Crippen LogP contribution in [0.1, 0.15) is 51.3 Å². The summed E-state index contributed by atoms with van der Waals surface area (Å²) in [5.41, 5.74) is 6.56. The van der Waals surface area contributed by atoms with Gasteiger partial charge in [0, 0.05) is 11.1 Å². The summed E-state index contributed by atoms with van der Waals surface area (Å²) < 4.78 is 17.8. The number of aliphatic imine (C=N–C) groups is 1. The van der Waals surface area contributed by atoms with E-state index in [-0.39, 0.29) is 18.0 Å². The Kier molecular flexibility index (Phi) is 4.31. The highest BCUT2D eigenvalue weighted by molar-refractivity contribution is 5.77. The van der Waals surface area contributed by atoms with Gasteiger partial charge in [-0.25, -0.2) is 4.99 Å². The molecule has 2 aliphatic heterocycles. The van der Waals surface area contributed by atoms with Gasteiger partial charge < -0.3 is 25.1 Å². The number of nitrogens with zero attached hydrogens (tertiary/aromatic N) is 1. The summed E-state index contributed by atoms with van der Waals surface area (Å²) in [6, 6.07) is 11.5. The van der Waals surface area contributed by atoms with E-state index < -0.39 is 11.1 Å². The number of amidine groups is 1. The van der Waals surface area contributed by atoms with E-state index in [2.05, 4.69) is 20.8 Å². The van der Waals surface area contributed by atoms with Crippen molar-refractivity contribution < 1.29 is 19.3 Å². The molecule has 2 aromatic carbocycles. The van der Waals surface area contributed by atoms with Gasteiger partial charge in [0.1, 0.15) is 23.9 Å². The molecule has 3 N–H and O–H groups in total. The number of nitrogens with two attached hydrogens (primary N) is 1. The second-order valence-electron chi connectivity index (χ2n) is 9.48. The van der Waals surface area contributed by atoms with Gasteiger partial charge in [0.2, 0.25) is 0 Å². The van der Waals surface area contributed by atoms with Gasteiger partial charge in [-0.2, -0.15) is 0 Å². The zero-order chi connectivity index (χ0) is 21.0. The molecule has 2 aromatic rings. The molecule has 6 nitrogen and oxygen atoms in total. The van der Waals surface area contributed by atoms with Crippen LogP contribution in [-0.2, 0) is 15.9 Å². The van der Waals surface area contributed by atoms with Crippen molar-refractivity contribution in [3.05, 3.63) is 53.1 Å². The summed E-state index contributed by atoms with van der Waals surface area (Å²) >= 11 is 0. The Balaban J connectivity index is 1.84. The maximum atomic E-state index is 10.5. The number of hydrogen-bond acceptors (Lipinski definition) is 6. The van der Waals surface area contributed by atoms with Crippen molar-refractivity contribution in [2.24, 2.45) is 16.1 Å². The second kappa shape index (κ2) is 6.39. The third kappa shape index (κ3) is 3.53. The van der Waals surface area contributed by atoms with Crippen LogP contribution in [-0.4, -0.2) is 24.3 Å². The summed E-state index contributed by atoms with van der Waals surface area (Å²) in [6.45, 7) is 10.7. The molecule has 2 aliphatic rings. The summed E-state index contributed by atoms with van der Waals surface area (Å²) in [5, 5.41) is 10.5. The third-order valence-electron chi connectivity index (χ3n) is 5.15. The fraction of sp³-hybridized carbons (Fsp3) is 0.435. The lowest BCUT2D eigenvalue weighted by Gasteiger charge is -2.34. The Morgan fingerprint density at radius 3 is 2.31 bits per heavy atom. The average Bonchev–Trinajstić information content (AvgIpc) is 3.01. The van der Waals surface area contributed by atoms with E-state index >= 15 is 0 Å². The van der Waals surface area contributed by atoms with E-state index in [1.54, 1.807) is 13.8 Å². The van der Waals surface area contributed by atoms with Crippen LogP contribution in [0.5, 0.6) is 17.2 Å². The average molecular weight is 396 g/mol. The number of rotatable bonds is 3. The van der Waals surface area contributed by atoms with E-state index in [9.17, 15) is 5.11 Å². The predicted molar refractivity (Wildman–Crippen MR) is 112 cm³/mol. The molecule has 2 heterocycles. The standard InChI is InChI=1S/C23H28N2O4/c1-21(2,3)12-27-15-7-9-19-17(11-15)23(13-28-20(24)25-23)16-10-14(22(4,5)26)6-8-18(16)29-19/h6-11,26H,12-13H2,1-5H3,(H2,24,25)/t23-/m0/s1. The number of hydrogen-bond donors (Lipinski definition) is 2. The molecule has 0 saturated carbocycles. The Hall–Kier alpha value is -2.73. The zero-order valence-corrected chi connectivity index (χ0v) is 17.6. The molecule has 0 amide bonds. The molecule has 0 aromatic heterocycles. The molecule has 6 heteroatoms. The number of ether oxygens (including phenoxy) is 3. The van der Waals surface area contributed by atoms with Crippen LogP contribution in [0.15, 0.2) is 41.4 Å². The molecular weight excluding hydrogens is 368 g/mol. The fourth-order valence-corrected chi connectivity index (χ4v) is 3.60. The van der Waals surface area contributed by atoms with Gasteiger partial charge in [0.25, 0.3) is 6.02 Å². The van der Waals surface area contributed by atoms with Gasteiger partial charge in [0.15, 0.2) is 5.54 Å². The molecule has 0 saturated heterocycles. The first-order chi connectivity index (χ1) is 13.5. The lowest BCUT2D eigenvalue weighted by atomic mass is 9.79. The van der Waals surface area contributed by atoms with Crippen LogP contribution in [0, 0.1) is 5.41 Å². The van der Waals surface area contributed by atoms with Crippen LogP contribution in [0.2, 0.25) is 0 Å². The van der Waals surface area contributed by atoms with E-state index in [0.29, 0.717) is 18.1 Å². The van der Waals surface area contributed by atoms with Gasteiger partial charge in [0.05, 0.1) is 12.2 Å². The Morgan fingerprint density at radius 2 is 1.72 bits per heavy atom. The predicted octanol–water partition coefficient (Wildman–Crippen LogP) is 4.03. The van der Waals surface area contributed by atoms with Crippen molar-refractivity contribution in [2.75, 3.05) is 13.2 Å². The van der Waals surface area contributed by atoms with Gasteiger partial charge in [-0.3, -0.25) is 0 Å². The second-order valence-corrected chi connectivity index (χ2v) is 9.48. The molecule has 0 fully saturated rings. The van der Waals surface area contributed by atoms with Gasteiger partial charge in [-0.05, 0) is 55.2 Å². The maximum Gasteiger partial charge on any atom is 0.283 e. The van der Waals surface area contributed by atoms with Crippen molar-refractivity contribution in [1.29, 1.82) is 0 Å². The Bertz CT molecular complexity index is 985. The smallest absolute Gasteiger partial charge is 0.283 e. The quantitative estimate of drug-likeness (QED) is 0.818. The third-order valence-corrected chi connectivity index (χ3v) is 5.15. The van der Waals surface area contributed by atoms with E-state index in [4.69, 9.17) is 24.9 Å². The number of aliphatic hydroxyl groups is 1. The highest BCUT2D eigenvalue weighted by Crippen LogP contribution is 2.52. The summed E-state index contributed by atoms with van der Waals surface area (Å²) in [4.78, 5) is 4.69. The van der Waals surface area contributed by atoms with E-state index in [1.807, 2.05) is 36.4 Å². The molecular formula is C23H28N2O4. The number of benzene rings is 2.